The summed E-state index contributed by atoms with van der Waals surface area (Å²) in [5.41, 5.74) is 0.0850. The van der Waals surface area contributed by atoms with Crippen LogP contribution >= 0.6 is 11.3 Å². The molecule has 0 radical (unpaired) electrons. The van der Waals surface area contributed by atoms with Crippen molar-refractivity contribution in [3.63, 3.8) is 0 Å². The van der Waals surface area contributed by atoms with E-state index in [-0.39, 0.29) is 24.5 Å². The number of piperidine rings is 1. The van der Waals surface area contributed by atoms with E-state index in [1.165, 1.54) is 28.9 Å². The topological polar surface area (TPSA) is 106 Å². The number of aromatic nitrogens is 3. The minimum Gasteiger partial charge on any atom is -0.348 e. The second-order valence-corrected chi connectivity index (χ2v) is 8.93. The van der Waals surface area contributed by atoms with Crippen LogP contribution in [0.15, 0.2) is 46.5 Å². The second-order valence-electron chi connectivity index (χ2n) is 7.96. The zero-order valence-corrected chi connectivity index (χ0v) is 19.2. The normalized spacial score (nSPS) is 13.8. The third kappa shape index (κ3) is 4.65. The molecular formula is C23H25N5O4S. The number of hydrogen-bond donors (Lipinski definition) is 1. The Morgan fingerprint density at radius 2 is 1.94 bits per heavy atom. The zero-order valence-electron chi connectivity index (χ0n) is 18.4. The van der Waals surface area contributed by atoms with E-state index in [0.717, 1.165) is 36.9 Å². The summed E-state index contributed by atoms with van der Waals surface area (Å²) in [6, 6.07) is 6.58. The number of benzene rings is 1. The molecule has 1 aliphatic rings. The van der Waals surface area contributed by atoms with Crippen LogP contribution < -0.4 is 21.5 Å². The number of rotatable bonds is 7. The first kappa shape index (κ1) is 22.7. The average Bonchev–Trinajstić information content (AvgIpc) is 3.26. The van der Waals surface area contributed by atoms with E-state index in [0.29, 0.717) is 21.1 Å². The molecule has 0 spiro atoms. The molecule has 172 valence electrons. The molecule has 1 saturated heterocycles. The van der Waals surface area contributed by atoms with Crippen LogP contribution in [0.3, 0.4) is 0 Å². The molecule has 1 N–H and O–H groups in total. The predicted molar refractivity (Wildman–Crippen MR) is 129 cm³/mol. The maximum Gasteiger partial charge on any atom is 0.333 e. The molecule has 1 fully saturated rings. The number of amides is 1. The Hall–Kier alpha value is -3.53. The Morgan fingerprint density at radius 1 is 1.18 bits per heavy atom. The summed E-state index contributed by atoms with van der Waals surface area (Å²) in [5.74, 6) is -0.580. The van der Waals surface area contributed by atoms with E-state index in [2.05, 4.69) is 21.8 Å². The van der Waals surface area contributed by atoms with Crippen LogP contribution in [0.4, 0.5) is 10.8 Å². The van der Waals surface area contributed by atoms with Gasteiger partial charge in [-0.15, -0.1) is 6.58 Å². The molecule has 4 rings (SSSR count). The summed E-state index contributed by atoms with van der Waals surface area (Å²) in [7, 11) is 0. The van der Waals surface area contributed by atoms with Crippen molar-refractivity contribution < 1.29 is 9.59 Å². The van der Waals surface area contributed by atoms with Gasteiger partial charge in [-0.05, 0) is 38.3 Å². The molecule has 10 heteroatoms. The van der Waals surface area contributed by atoms with Crippen molar-refractivity contribution in [2.24, 2.45) is 0 Å². The van der Waals surface area contributed by atoms with Gasteiger partial charge in [0.15, 0.2) is 16.6 Å². The molecule has 1 amide bonds. The van der Waals surface area contributed by atoms with Crippen molar-refractivity contribution >= 4 is 44.2 Å². The lowest BCUT2D eigenvalue weighted by atomic mass is 10.1. The van der Waals surface area contributed by atoms with Crippen molar-refractivity contribution in [1.29, 1.82) is 0 Å². The number of nitrogens with one attached hydrogen (secondary N) is 1. The number of carbonyl (C=O) groups excluding carboxylic acids is 2. The van der Waals surface area contributed by atoms with Crippen LogP contribution in [0.5, 0.6) is 0 Å². The van der Waals surface area contributed by atoms with Gasteiger partial charge in [-0.3, -0.25) is 23.5 Å². The minimum atomic E-state index is -0.615. The molecular weight excluding hydrogens is 442 g/mol. The largest absolute Gasteiger partial charge is 0.348 e. The lowest BCUT2D eigenvalue weighted by Gasteiger charge is -2.25. The van der Waals surface area contributed by atoms with E-state index >= 15 is 0 Å². The van der Waals surface area contributed by atoms with Crippen LogP contribution in [-0.2, 0) is 17.9 Å². The van der Waals surface area contributed by atoms with Crippen LogP contribution in [0.25, 0.3) is 10.3 Å². The SMILES string of the molecule is C=CCn1c(=O)c2sc(N3CCCCC3)nc2n(CC(=O)Nc2cccc(C(C)=O)c2)c1=O. The van der Waals surface area contributed by atoms with Gasteiger partial charge < -0.3 is 10.2 Å². The minimum absolute atomic E-state index is 0.0346. The second kappa shape index (κ2) is 9.53. The summed E-state index contributed by atoms with van der Waals surface area (Å²) in [5, 5.41) is 3.40. The highest BCUT2D eigenvalue weighted by molar-refractivity contribution is 7.22. The third-order valence-electron chi connectivity index (χ3n) is 5.55. The summed E-state index contributed by atoms with van der Waals surface area (Å²) in [6.45, 7) is 6.48. The summed E-state index contributed by atoms with van der Waals surface area (Å²) >= 11 is 1.25. The molecule has 9 nitrogen and oxygen atoms in total. The van der Waals surface area contributed by atoms with Gasteiger partial charge in [0, 0.05) is 30.9 Å². The molecule has 0 atom stereocenters. The van der Waals surface area contributed by atoms with Crippen molar-refractivity contribution in [3.05, 3.63) is 63.3 Å². The first-order chi connectivity index (χ1) is 15.9. The Balaban J connectivity index is 1.72. The van der Waals surface area contributed by atoms with Crippen molar-refractivity contribution in [2.75, 3.05) is 23.3 Å². The van der Waals surface area contributed by atoms with Gasteiger partial charge in [0.2, 0.25) is 5.91 Å². The molecule has 0 aliphatic carbocycles. The monoisotopic (exact) mass is 467 g/mol. The molecule has 33 heavy (non-hydrogen) atoms. The molecule has 0 saturated carbocycles. The zero-order chi connectivity index (χ0) is 23.5. The Kier molecular flexibility index (Phi) is 6.55. The number of anilines is 2. The number of allylic oxidation sites excluding steroid dienone is 1. The standard InChI is InChI=1S/C23H25N5O4S/c1-3-10-27-21(31)19-20(25-22(33-19)26-11-5-4-6-12-26)28(23(27)32)14-18(30)24-17-9-7-8-16(13-17)15(2)29/h3,7-9,13H,1,4-6,10-12,14H2,2H3,(H,24,30). The number of thiazole rings is 1. The van der Waals surface area contributed by atoms with Crippen LogP contribution in [0.1, 0.15) is 36.5 Å². The van der Waals surface area contributed by atoms with Gasteiger partial charge >= 0.3 is 5.69 Å². The smallest absolute Gasteiger partial charge is 0.333 e. The lowest BCUT2D eigenvalue weighted by molar-refractivity contribution is -0.116. The molecule has 0 bridgehead atoms. The first-order valence-electron chi connectivity index (χ1n) is 10.8. The van der Waals surface area contributed by atoms with E-state index in [1.54, 1.807) is 24.3 Å². The molecule has 1 aromatic carbocycles. The van der Waals surface area contributed by atoms with Crippen LogP contribution in [-0.4, -0.2) is 38.9 Å². The number of hydrogen-bond acceptors (Lipinski definition) is 7. The summed E-state index contributed by atoms with van der Waals surface area (Å²) < 4.78 is 2.63. The maximum atomic E-state index is 13.1. The van der Waals surface area contributed by atoms with Crippen molar-refractivity contribution in [3.8, 4) is 0 Å². The highest BCUT2D eigenvalue weighted by Gasteiger charge is 2.22. The predicted octanol–water partition coefficient (Wildman–Crippen LogP) is 2.64. The highest BCUT2D eigenvalue weighted by Crippen LogP contribution is 2.28. The number of Topliss-reactive ketones (excluding diaryl/α,β-unsaturated/α-hetero) is 1. The molecule has 0 unspecified atom stereocenters. The Labute approximate surface area is 194 Å². The van der Waals surface area contributed by atoms with E-state index in [9.17, 15) is 19.2 Å². The highest BCUT2D eigenvalue weighted by atomic mass is 32.1. The maximum absolute atomic E-state index is 13.1. The van der Waals surface area contributed by atoms with Crippen LogP contribution in [0, 0.1) is 0 Å². The quantitative estimate of drug-likeness (QED) is 0.423. The summed E-state index contributed by atoms with van der Waals surface area (Å²) in [4.78, 5) is 57.3. The lowest BCUT2D eigenvalue weighted by Crippen LogP contribution is -2.41. The number of carbonyl (C=O) groups is 2. The van der Waals surface area contributed by atoms with Gasteiger partial charge in [-0.1, -0.05) is 29.5 Å². The number of nitrogens with zero attached hydrogens (tertiary/aromatic N) is 4. The molecule has 1 aliphatic heterocycles. The fourth-order valence-electron chi connectivity index (χ4n) is 3.88. The van der Waals surface area contributed by atoms with Gasteiger partial charge in [0.1, 0.15) is 11.2 Å². The van der Waals surface area contributed by atoms with E-state index in [1.807, 2.05) is 0 Å². The fraction of sp³-hybridized carbons (Fsp3) is 0.348. The third-order valence-corrected chi connectivity index (χ3v) is 6.64. The Bertz CT molecular complexity index is 1350. The fourth-order valence-corrected chi connectivity index (χ4v) is 4.95. The van der Waals surface area contributed by atoms with Gasteiger partial charge in [-0.2, -0.15) is 0 Å². The number of fused-ring (bicyclic) bond motifs is 1. The number of ketones is 1. The molecule has 3 heterocycles. The Morgan fingerprint density at radius 3 is 2.64 bits per heavy atom. The molecule has 3 aromatic rings. The van der Waals surface area contributed by atoms with Crippen molar-refractivity contribution in [2.45, 2.75) is 39.3 Å². The van der Waals surface area contributed by atoms with Gasteiger partial charge in [0.05, 0.1) is 0 Å². The summed E-state index contributed by atoms with van der Waals surface area (Å²) in [6.07, 6.45) is 4.72. The van der Waals surface area contributed by atoms with E-state index < -0.39 is 17.2 Å². The van der Waals surface area contributed by atoms with E-state index in [4.69, 9.17) is 0 Å². The van der Waals surface area contributed by atoms with Crippen molar-refractivity contribution in [1.82, 2.24) is 14.1 Å². The van der Waals surface area contributed by atoms with Crippen LogP contribution in [0.2, 0.25) is 0 Å². The first-order valence-corrected chi connectivity index (χ1v) is 11.6. The average molecular weight is 468 g/mol. The van der Waals surface area contributed by atoms with Gasteiger partial charge in [0.25, 0.3) is 5.56 Å². The van der Waals surface area contributed by atoms with Gasteiger partial charge in [-0.25, -0.2) is 9.78 Å². The molecule has 2 aromatic heterocycles.